The molecule has 0 unspecified atom stereocenters. The van der Waals surface area contributed by atoms with Crippen LogP contribution in [0.2, 0.25) is 0 Å². The van der Waals surface area contributed by atoms with Crippen molar-refractivity contribution in [1.82, 2.24) is 19.9 Å². The Balaban J connectivity index is 1.56. The minimum Gasteiger partial charge on any atom is -0.365 e. The van der Waals surface area contributed by atoms with Crippen LogP contribution in [0.5, 0.6) is 0 Å². The molecule has 0 saturated carbocycles. The fourth-order valence-corrected chi connectivity index (χ4v) is 4.56. The van der Waals surface area contributed by atoms with Gasteiger partial charge < -0.3 is 15.2 Å². The number of H-pyrrole nitrogens is 1. The molecule has 0 spiro atoms. The maximum absolute atomic E-state index is 13.0. The van der Waals surface area contributed by atoms with E-state index in [9.17, 15) is 18.0 Å². The molecule has 154 valence electrons. The molecule has 1 aliphatic heterocycles. The number of rotatable bonds is 3. The van der Waals surface area contributed by atoms with E-state index in [1.54, 1.807) is 18.0 Å². The number of amides is 1. The van der Waals surface area contributed by atoms with E-state index in [-0.39, 0.29) is 17.3 Å². The van der Waals surface area contributed by atoms with E-state index in [4.69, 9.17) is 0 Å². The monoisotopic (exact) mass is 423 g/mol. The second-order valence-corrected chi connectivity index (χ2v) is 8.12. The zero-order valence-electron chi connectivity index (χ0n) is 15.9. The SMILES string of the molecule is CNc1nc(C)c(C(=O)N2CCC[C@H](c3cc4nc(C(F)(F)F)ccc4[nH]3)C2)s1. The van der Waals surface area contributed by atoms with Crippen LogP contribution in [0.3, 0.4) is 0 Å². The molecule has 0 radical (unpaired) electrons. The standard InChI is InChI=1S/C19H20F3N5OS/c1-10-16(29-18(23-2)24-10)17(28)27-7-3-4-11(9-27)13-8-14-12(25-13)5-6-15(26-14)19(20,21)22/h5-6,8,11,25H,3-4,7,9H2,1-2H3,(H,23,24)/t11-/m0/s1. The average Bonchev–Trinajstić information content (AvgIpc) is 3.29. The van der Waals surface area contributed by atoms with Crippen LogP contribution in [-0.4, -0.2) is 45.9 Å². The van der Waals surface area contributed by atoms with E-state index in [0.717, 1.165) is 24.6 Å². The number of piperidine rings is 1. The number of halogens is 3. The van der Waals surface area contributed by atoms with Gasteiger partial charge >= 0.3 is 6.18 Å². The predicted octanol–water partition coefficient (Wildman–Crippen LogP) is 4.41. The van der Waals surface area contributed by atoms with Crippen molar-refractivity contribution in [2.45, 2.75) is 31.9 Å². The molecule has 4 rings (SSSR count). The van der Waals surface area contributed by atoms with E-state index in [1.165, 1.54) is 17.4 Å². The highest BCUT2D eigenvalue weighted by atomic mass is 32.1. The Bertz CT molecular complexity index is 1060. The van der Waals surface area contributed by atoms with E-state index in [1.807, 2.05) is 6.92 Å². The quantitative estimate of drug-likeness (QED) is 0.655. The number of nitrogens with zero attached hydrogens (tertiary/aromatic N) is 3. The van der Waals surface area contributed by atoms with Gasteiger partial charge in [-0.1, -0.05) is 11.3 Å². The lowest BCUT2D eigenvalue weighted by molar-refractivity contribution is -0.140. The van der Waals surface area contributed by atoms with Crippen LogP contribution in [0.25, 0.3) is 11.0 Å². The third-order valence-electron chi connectivity index (χ3n) is 5.14. The van der Waals surface area contributed by atoms with Crippen molar-refractivity contribution in [2.75, 3.05) is 25.5 Å². The van der Waals surface area contributed by atoms with Crippen molar-refractivity contribution in [1.29, 1.82) is 0 Å². The third-order valence-corrected chi connectivity index (χ3v) is 6.30. The molecule has 1 fully saturated rings. The summed E-state index contributed by atoms with van der Waals surface area (Å²) in [5, 5.41) is 3.65. The molecule has 1 saturated heterocycles. The molecular weight excluding hydrogens is 403 g/mol. The van der Waals surface area contributed by atoms with Crippen LogP contribution < -0.4 is 5.32 Å². The van der Waals surface area contributed by atoms with Gasteiger partial charge in [-0.3, -0.25) is 4.79 Å². The van der Waals surface area contributed by atoms with E-state index >= 15 is 0 Å². The molecule has 6 nitrogen and oxygen atoms in total. The Hall–Kier alpha value is -2.62. The Morgan fingerprint density at radius 2 is 2.14 bits per heavy atom. The summed E-state index contributed by atoms with van der Waals surface area (Å²) in [7, 11) is 1.76. The van der Waals surface area contributed by atoms with Gasteiger partial charge in [-0.15, -0.1) is 0 Å². The fourth-order valence-electron chi connectivity index (χ4n) is 3.67. The lowest BCUT2D eigenvalue weighted by Crippen LogP contribution is -2.39. The lowest BCUT2D eigenvalue weighted by Gasteiger charge is -2.32. The smallest absolute Gasteiger partial charge is 0.365 e. The highest BCUT2D eigenvalue weighted by Gasteiger charge is 2.33. The zero-order chi connectivity index (χ0) is 20.8. The van der Waals surface area contributed by atoms with Crippen LogP contribution >= 0.6 is 11.3 Å². The highest BCUT2D eigenvalue weighted by molar-refractivity contribution is 7.17. The summed E-state index contributed by atoms with van der Waals surface area (Å²) in [4.78, 5) is 26.6. The van der Waals surface area contributed by atoms with Crippen LogP contribution in [0.15, 0.2) is 18.2 Å². The van der Waals surface area contributed by atoms with Gasteiger partial charge in [0, 0.05) is 31.7 Å². The maximum atomic E-state index is 13.0. The number of aromatic nitrogens is 3. The first kappa shape index (κ1) is 19.7. The summed E-state index contributed by atoms with van der Waals surface area (Å²) in [6.07, 6.45) is -2.80. The molecule has 1 atom stereocenters. The highest BCUT2D eigenvalue weighted by Crippen LogP contribution is 2.33. The summed E-state index contributed by atoms with van der Waals surface area (Å²) in [5.74, 6) is -0.0342. The first-order valence-electron chi connectivity index (χ1n) is 9.27. The number of alkyl halides is 3. The molecule has 1 aliphatic rings. The Labute approximate surface area is 169 Å². The van der Waals surface area contributed by atoms with Crippen LogP contribution in [0.1, 0.15) is 45.5 Å². The number of carbonyl (C=O) groups is 1. The Morgan fingerprint density at radius 1 is 1.34 bits per heavy atom. The molecule has 2 N–H and O–H groups in total. The summed E-state index contributed by atoms with van der Waals surface area (Å²) >= 11 is 1.33. The summed E-state index contributed by atoms with van der Waals surface area (Å²) in [6, 6.07) is 4.05. The molecule has 3 aromatic heterocycles. The second kappa shape index (κ2) is 7.33. The molecule has 3 aromatic rings. The Kier molecular flexibility index (Phi) is 4.97. The third kappa shape index (κ3) is 3.81. The van der Waals surface area contributed by atoms with Crippen LogP contribution in [0, 0.1) is 6.92 Å². The molecule has 0 aliphatic carbocycles. The predicted molar refractivity (Wildman–Crippen MR) is 105 cm³/mol. The van der Waals surface area contributed by atoms with Crippen molar-refractivity contribution in [3.8, 4) is 0 Å². The minimum atomic E-state index is -4.47. The zero-order valence-corrected chi connectivity index (χ0v) is 16.7. The van der Waals surface area contributed by atoms with Crippen molar-refractivity contribution >= 4 is 33.4 Å². The lowest BCUT2D eigenvalue weighted by atomic mass is 9.94. The van der Waals surface area contributed by atoms with Gasteiger partial charge in [-0.2, -0.15) is 13.2 Å². The van der Waals surface area contributed by atoms with Gasteiger partial charge in [0.2, 0.25) is 0 Å². The normalized spacial score (nSPS) is 17.7. The van der Waals surface area contributed by atoms with Crippen molar-refractivity contribution in [3.63, 3.8) is 0 Å². The fraction of sp³-hybridized carbons (Fsp3) is 0.421. The Morgan fingerprint density at radius 3 is 2.83 bits per heavy atom. The van der Waals surface area contributed by atoms with Gasteiger partial charge in [0.05, 0.1) is 16.7 Å². The van der Waals surface area contributed by atoms with E-state index in [0.29, 0.717) is 34.3 Å². The number of aromatic amines is 1. The van der Waals surface area contributed by atoms with Crippen LogP contribution in [-0.2, 0) is 6.18 Å². The number of aryl methyl sites for hydroxylation is 1. The first-order chi connectivity index (χ1) is 13.8. The summed E-state index contributed by atoms with van der Waals surface area (Å²) < 4.78 is 38.7. The molecule has 10 heteroatoms. The van der Waals surface area contributed by atoms with E-state index in [2.05, 4.69) is 20.3 Å². The van der Waals surface area contributed by atoms with Crippen molar-refractivity contribution in [3.05, 3.63) is 40.2 Å². The van der Waals surface area contributed by atoms with Gasteiger partial charge in [-0.05, 0) is 38.0 Å². The molecular formula is C19H20F3N5OS. The molecule has 0 aromatic carbocycles. The number of fused-ring (bicyclic) bond motifs is 1. The number of hydrogen-bond donors (Lipinski definition) is 2. The van der Waals surface area contributed by atoms with Gasteiger partial charge in [0.15, 0.2) is 5.13 Å². The first-order valence-corrected chi connectivity index (χ1v) is 10.1. The topological polar surface area (TPSA) is 73.9 Å². The number of anilines is 1. The van der Waals surface area contributed by atoms with Crippen LogP contribution in [0.4, 0.5) is 18.3 Å². The van der Waals surface area contributed by atoms with Gasteiger partial charge in [0.25, 0.3) is 5.91 Å². The summed E-state index contributed by atoms with van der Waals surface area (Å²) in [6.45, 7) is 2.97. The van der Waals surface area contributed by atoms with Crippen molar-refractivity contribution < 1.29 is 18.0 Å². The average molecular weight is 423 g/mol. The second-order valence-electron chi connectivity index (χ2n) is 7.13. The number of nitrogens with one attached hydrogen (secondary N) is 2. The largest absolute Gasteiger partial charge is 0.433 e. The van der Waals surface area contributed by atoms with Gasteiger partial charge in [0.1, 0.15) is 10.6 Å². The molecule has 29 heavy (non-hydrogen) atoms. The number of carbonyl (C=O) groups excluding carboxylic acids is 1. The number of likely N-dealkylation sites (tertiary alicyclic amines) is 1. The van der Waals surface area contributed by atoms with Gasteiger partial charge in [-0.25, -0.2) is 9.97 Å². The number of pyridine rings is 1. The van der Waals surface area contributed by atoms with Crippen molar-refractivity contribution in [2.24, 2.45) is 0 Å². The molecule has 1 amide bonds. The molecule has 4 heterocycles. The van der Waals surface area contributed by atoms with E-state index < -0.39 is 11.9 Å². The maximum Gasteiger partial charge on any atom is 0.433 e. The molecule has 0 bridgehead atoms. The summed E-state index contributed by atoms with van der Waals surface area (Å²) in [5.41, 5.74) is 1.45. The number of thiazole rings is 1. The number of hydrogen-bond acceptors (Lipinski definition) is 5. The minimum absolute atomic E-state index is 0.0215.